The van der Waals surface area contributed by atoms with Crippen molar-refractivity contribution in [2.75, 3.05) is 13.2 Å². The van der Waals surface area contributed by atoms with Crippen LogP contribution in [-0.4, -0.2) is 55.1 Å². The smallest absolute Gasteiger partial charge is 0.421 e. The zero-order valence-corrected chi connectivity index (χ0v) is 25.7. The molecule has 0 aromatic carbocycles. The van der Waals surface area contributed by atoms with Crippen LogP contribution in [0.3, 0.4) is 0 Å². The minimum absolute atomic E-state index is 0.0381. The van der Waals surface area contributed by atoms with Gasteiger partial charge in [0.15, 0.2) is 5.03 Å². The fourth-order valence-corrected chi connectivity index (χ4v) is 10.3. The van der Waals surface area contributed by atoms with Crippen molar-refractivity contribution in [2.45, 2.75) is 103 Å². The molecular formula is C31H48N2O7S. The van der Waals surface area contributed by atoms with E-state index in [1.807, 2.05) is 11.6 Å². The minimum atomic E-state index is -4.17. The minimum Gasteiger partial charge on any atom is -0.492 e. The number of aliphatic hydroxyl groups excluding tert-OH is 2. The Morgan fingerprint density at radius 1 is 1.10 bits per heavy atom. The van der Waals surface area contributed by atoms with Gasteiger partial charge in [-0.2, -0.15) is 8.42 Å². The number of hydrogen-bond acceptors (Lipinski definition) is 8. The second-order valence-electron chi connectivity index (χ2n) is 13.8. The van der Waals surface area contributed by atoms with E-state index in [2.05, 4.69) is 25.8 Å². The van der Waals surface area contributed by atoms with E-state index in [4.69, 9.17) is 9.47 Å². The van der Waals surface area contributed by atoms with Crippen LogP contribution in [0.4, 0.5) is 4.79 Å². The average Bonchev–Trinajstić information content (AvgIpc) is 3.28. The Labute approximate surface area is 244 Å². The van der Waals surface area contributed by atoms with Crippen molar-refractivity contribution in [3.8, 4) is 5.75 Å². The van der Waals surface area contributed by atoms with Gasteiger partial charge in [-0.05, 0) is 116 Å². The number of pyridine rings is 1. The molecule has 9 nitrogen and oxygen atoms in total. The van der Waals surface area contributed by atoms with Gasteiger partial charge in [-0.15, -0.1) is 0 Å². The summed E-state index contributed by atoms with van der Waals surface area (Å²) in [6.45, 7) is 9.45. The first kappa shape index (κ1) is 30.5. The van der Waals surface area contributed by atoms with Gasteiger partial charge in [0.05, 0.1) is 31.6 Å². The van der Waals surface area contributed by atoms with Crippen LogP contribution in [0.25, 0.3) is 0 Å². The van der Waals surface area contributed by atoms with Crippen molar-refractivity contribution >= 4 is 16.1 Å². The Hall–Kier alpha value is -1.91. The van der Waals surface area contributed by atoms with E-state index in [0.29, 0.717) is 36.0 Å². The van der Waals surface area contributed by atoms with Crippen molar-refractivity contribution in [2.24, 2.45) is 46.3 Å². The molecule has 0 bridgehead atoms. The highest BCUT2D eigenvalue weighted by atomic mass is 32.2. The van der Waals surface area contributed by atoms with E-state index in [1.165, 1.54) is 18.3 Å². The van der Waals surface area contributed by atoms with Crippen LogP contribution in [0.1, 0.15) is 85.5 Å². The molecule has 1 heterocycles. The first-order valence-electron chi connectivity index (χ1n) is 15.5. The molecule has 1 aromatic rings. The SMILES string of the molecule is CCCOc1ccc(S(=O)(=O)NC(=O)OC[C@@H](C)[C@H]2CC[C@H]3[C@@H]4[C@H](O)C[C@@H]5C[C@H](O)CC[C@]5(C)[C@H]4CC[C@]23C)nc1. The summed E-state index contributed by atoms with van der Waals surface area (Å²) in [4.78, 5) is 16.5. The summed E-state index contributed by atoms with van der Waals surface area (Å²) < 4.78 is 38.2. The molecule has 4 aliphatic rings. The zero-order chi connectivity index (χ0) is 29.6. The summed E-state index contributed by atoms with van der Waals surface area (Å²) in [5, 5.41) is 21.5. The number of sulfonamides is 1. The van der Waals surface area contributed by atoms with Gasteiger partial charge in [0.25, 0.3) is 10.0 Å². The van der Waals surface area contributed by atoms with Gasteiger partial charge in [-0.3, -0.25) is 0 Å². The second kappa shape index (κ2) is 11.6. The Morgan fingerprint density at radius 2 is 1.83 bits per heavy atom. The van der Waals surface area contributed by atoms with Gasteiger partial charge in [-0.25, -0.2) is 14.5 Å². The quantitative estimate of drug-likeness (QED) is 0.388. The third kappa shape index (κ3) is 5.73. The summed E-state index contributed by atoms with van der Waals surface area (Å²) in [6.07, 6.45) is 8.27. The average molecular weight is 593 g/mol. The van der Waals surface area contributed by atoms with Crippen LogP contribution >= 0.6 is 0 Å². The maximum absolute atomic E-state index is 12.7. The Balaban J connectivity index is 1.19. The molecule has 0 aliphatic heterocycles. The molecule has 4 saturated carbocycles. The van der Waals surface area contributed by atoms with Gasteiger partial charge in [0, 0.05) is 0 Å². The molecule has 1 aromatic heterocycles. The number of nitrogens with one attached hydrogen (secondary N) is 1. The predicted octanol–water partition coefficient (Wildman–Crippen LogP) is 4.91. The number of carbonyl (C=O) groups excluding carboxylic acids is 1. The Kier molecular flexibility index (Phi) is 8.67. The van der Waals surface area contributed by atoms with E-state index in [-0.39, 0.29) is 46.5 Å². The van der Waals surface area contributed by atoms with Crippen molar-refractivity contribution in [1.29, 1.82) is 0 Å². The lowest BCUT2D eigenvalue weighted by Crippen LogP contribution is -2.58. The Bertz CT molecular complexity index is 1190. The lowest BCUT2D eigenvalue weighted by Gasteiger charge is -2.62. The predicted molar refractivity (Wildman–Crippen MR) is 153 cm³/mol. The van der Waals surface area contributed by atoms with Crippen molar-refractivity contribution in [3.05, 3.63) is 18.3 Å². The van der Waals surface area contributed by atoms with E-state index < -0.39 is 16.1 Å². The van der Waals surface area contributed by atoms with E-state index in [1.54, 1.807) is 0 Å². The van der Waals surface area contributed by atoms with Crippen LogP contribution in [0.15, 0.2) is 23.4 Å². The maximum Gasteiger partial charge on any atom is 0.421 e. The van der Waals surface area contributed by atoms with Gasteiger partial charge in [-0.1, -0.05) is 27.7 Å². The normalized spacial score (nSPS) is 39.1. The number of hydrogen-bond donors (Lipinski definition) is 3. The fraction of sp³-hybridized carbons (Fsp3) is 0.806. The van der Waals surface area contributed by atoms with Gasteiger partial charge >= 0.3 is 6.09 Å². The van der Waals surface area contributed by atoms with Crippen LogP contribution in [0.2, 0.25) is 0 Å². The molecule has 0 radical (unpaired) electrons. The van der Waals surface area contributed by atoms with E-state index >= 15 is 0 Å². The highest BCUT2D eigenvalue weighted by Gasteiger charge is 2.62. The third-order valence-corrected chi connectivity index (χ3v) is 12.8. The number of aromatic nitrogens is 1. The zero-order valence-electron chi connectivity index (χ0n) is 24.9. The summed E-state index contributed by atoms with van der Waals surface area (Å²) in [5.74, 6) is 2.38. The third-order valence-electron chi connectivity index (χ3n) is 11.6. The van der Waals surface area contributed by atoms with Gasteiger partial charge in [0.1, 0.15) is 5.75 Å². The molecule has 10 atom stereocenters. The van der Waals surface area contributed by atoms with Gasteiger partial charge < -0.3 is 19.7 Å². The summed E-state index contributed by atoms with van der Waals surface area (Å²) in [7, 11) is -4.17. The van der Waals surface area contributed by atoms with E-state index in [0.717, 1.165) is 57.8 Å². The summed E-state index contributed by atoms with van der Waals surface area (Å²) in [5.41, 5.74) is 0.217. The monoisotopic (exact) mass is 592 g/mol. The van der Waals surface area contributed by atoms with Crippen LogP contribution < -0.4 is 9.46 Å². The largest absolute Gasteiger partial charge is 0.492 e. The van der Waals surface area contributed by atoms with E-state index in [9.17, 15) is 23.4 Å². The Morgan fingerprint density at radius 3 is 2.54 bits per heavy atom. The number of fused-ring (bicyclic) bond motifs is 5. The molecule has 1 amide bonds. The number of nitrogens with zero attached hydrogens (tertiary/aromatic N) is 1. The first-order chi connectivity index (χ1) is 19.4. The second-order valence-corrected chi connectivity index (χ2v) is 15.4. The number of aliphatic hydroxyl groups is 2. The molecular weight excluding hydrogens is 544 g/mol. The lowest BCUT2D eigenvalue weighted by molar-refractivity contribution is -0.174. The summed E-state index contributed by atoms with van der Waals surface area (Å²) in [6, 6.07) is 2.81. The summed E-state index contributed by atoms with van der Waals surface area (Å²) >= 11 is 0. The molecule has 0 unspecified atom stereocenters. The van der Waals surface area contributed by atoms with Crippen LogP contribution in [-0.2, 0) is 14.8 Å². The maximum atomic E-state index is 12.7. The number of carbonyl (C=O) groups is 1. The molecule has 41 heavy (non-hydrogen) atoms. The molecule has 4 fully saturated rings. The van der Waals surface area contributed by atoms with Crippen molar-refractivity contribution in [1.82, 2.24) is 9.71 Å². The first-order valence-corrected chi connectivity index (χ1v) is 17.0. The molecule has 4 aliphatic carbocycles. The molecule has 10 heteroatoms. The van der Waals surface area contributed by atoms with Gasteiger partial charge in [0.2, 0.25) is 0 Å². The van der Waals surface area contributed by atoms with Crippen LogP contribution in [0.5, 0.6) is 5.75 Å². The molecule has 0 spiro atoms. The standard InChI is InChI=1S/C31H48N2O7S/c1-5-14-39-22-6-9-27(32-17-22)41(37,38)33-29(36)40-18-19(2)23-7-8-24-28-25(11-13-31(23,24)4)30(3)12-10-21(34)15-20(30)16-26(28)35/h6,9,17,19-21,23-26,28,34-35H,5,7-8,10-16,18H2,1-4H3,(H,33,36)/t19-,20+,21-,23-,24+,25+,26-,28+,30+,31-/m1/s1. The number of amides is 1. The fourth-order valence-electron chi connectivity index (χ4n) is 9.52. The number of rotatable bonds is 8. The molecule has 230 valence electrons. The number of ether oxygens (including phenoxy) is 2. The van der Waals surface area contributed by atoms with Crippen molar-refractivity contribution in [3.63, 3.8) is 0 Å². The highest BCUT2D eigenvalue weighted by molar-refractivity contribution is 7.90. The molecule has 0 saturated heterocycles. The highest BCUT2D eigenvalue weighted by Crippen LogP contribution is 2.68. The van der Waals surface area contributed by atoms with Crippen LogP contribution in [0, 0.1) is 46.3 Å². The topological polar surface area (TPSA) is 135 Å². The van der Waals surface area contributed by atoms with Crippen molar-refractivity contribution < 1.29 is 32.9 Å². The lowest BCUT2D eigenvalue weighted by atomic mass is 9.43. The molecule has 5 rings (SSSR count). The molecule has 3 N–H and O–H groups in total.